The number of aliphatic hydroxyl groups is 2. The van der Waals surface area contributed by atoms with Gasteiger partial charge in [-0.2, -0.15) is 0 Å². The molecule has 1 heterocycles. The van der Waals surface area contributed by atoms with E-state index in [1.54, 1.807) is 24.3 Å². The van der Waals surface area contributed by atoms with Crippen molar-refractivity contribution in [2.24, 2.45) is 0 Å². The van der Waals surface area contributed by atoms with Gasteiger partial charge in [0.25, 0.3) is 5.91 Å². The number of carbonyl (C=O) groups excluding carboxylic acids is 2. The number of halogens is 1. The Bertz CT molecular complexity index is 866. The van der Waals surface area contributed by atoms with E-state index in [0.717, 1.165) is 11.1 Å². The van der Waals surface area contributed by atoms with Crippen LogP contribution in [-0.2, 0) is 17.9 Å². The van der Waals surface area contributed by atoms with Crippen molar-refractivity contribution in [3.8, 4) is 5.75 Å². The first-order valence-electron chi connectivity index (χ1n) is 10.0. The molecule has 3 rings (SSSR count). The monoisotopic (exact) mass is 447 g/mol. The fourth-order valence-electron chi connectivity index (χ4n) is 3.23. The van der Waals surface area contributed by atoms with Gasteiger partial charge in [0, 0.05) is 31.7 Å². The molecule has 0 unspecified atom stereocenters. The second-order valence-corrected chi connectivity index (χ2v) is 7.63. The first-order chi connectivity index (χ1) is 15.0. The van der Waals surface area contributed by atoms with E-state index < -0.39 is 12.2 Å². The highest BCUT2D eigenvalue weighted by Gasteiger charge is 2.32. The molecular weight excluding hydrogens is 422 g/mol. The smallest absolute Gasteiger partial charge is 0.251 e. The van der Waals surface area contributed by atoms with Crippen molar-refractivity contribution in [3.63, 3.8) is 0 Å². The van der Waals surface area contributed by atoms with Gasteiger partial charge in [-0.15, -0.1) is 0 Å². The highest BCUT2D eigenvalue weighted by atomic mass is 35.5. The fraction of sp³-hybridized carbons (Fsp3) is 0.364. The molecular formula is C22H26ClN3O5. The molecule has 0 saturated carbocycles. The minimum Gasteiger partial charge on any atom is -0.493 e. The van der Waals surface area contributed by atoms with Crippen LogP contribution >= 0.6 is 11.8 Å². The van der Waals surface area contributed by atoms with E-state index in [4.69, 9.17) is 16.5 Å². The SMILES string of the molecule is O=C(NCc1ccc(OCCC(=O)N2C[C@@H](O)[C@H](O)C2)cc1)c1ccc(CNCl)cc1. The molecule has 0 radical (unpaired) electrons. The van der Waals surface area contributed by atoms with Crippen LogP contribution in [0.15, 0.2) is 48.5 Å². The molecule has 2 atom stereocenters. The van der Waals surface area contributed by atoms with E-state index in [1.165, 1.54) is 4.90 Å². The normalized spacial score (nSPS) is 18.1. The van der Waals surface area contributed by atoms with Crippen molar-refractivity contribution in [1.82, 2.24) is 15.1 Å². The summed E-state index contributed by atoms with van der Waals surface area (Å²) in [7, 11) is 0. The zero-order valence-corrected chi connectivity index (χ0v) is 17.7. The highest BCUT2D eigenvalue weighted by Crippen LogP contribution is 2.15. The third kappa shape index (κ3) is 6.67. The molecule has 0 bridgehead atoms. The van der Waals surface area contributed by atoms with Gasteiger partial charge in [0.15, 0.2) is 0 Å². The number of likely N-dealkylation sites (tertiary alicyclic amines) is 1. The molecule has 0 aromatic heterocycles. The van der Waals surface area contributed by atoms with Crippen LogP contribution in [0.4, 0.5) is 0 Å². The Morgan fingerprint density at radius 3 is 2.16 bits per heavy atom. The number of aliphatic hydroxyl groups excluding tert-OH is 2. The van der Waals surface area contributed by atoms with E-state index in [9.17, 15) is 19.8 Å². The van der Waals surface area contributed by atoms with Crippen LogP contribution in [0.2, 0.25) is 0 Å². The van der Waals surface area contributed by atoms with Crippen molar-refractivity contribution >= 4 is 23.6 Å². The topological polar surface area (TPSA) is 111 Å². The molecule has 1 saturated heterocycles. The minimum atomic E-state index is -0.884. The summed E-state index contributed by atoms with van der Waals surface area (Å²) >= 11 is 5.47. The zero-order valence-electron chi connectivity index (χ0n) is 17.0. The van der Waals surface area contributed by atoms with Gasteiger partial charge in [0.05, 0.1) is 25.2 Å². The average molecular weight is 448 g/mol. The molecule has 0 spiro atoms. The van der Waals surface area contributed by atoms with Crippen LogP contribution in [0.5, 0.6) is 5.75 Å². The first kappa shape index (κ1) is 23.0. The molecule has 1 aliphatic rings. The molecule has 1 fully saturated rings. The number of hydrogen-bond donors (Lipinski definition) is 4. The summed E-state index contributed by atoms with van der Waals surface area (Å²) in [6, 6.07) is 14.4. The van der Waals surface area contributed by atoms with Gasteiger partial charge in [0.1, 0.15) is 5.75 Å². The van der Waals surface area contributed by atoms with Gasteiger partial charge in [-0.1, -0.05) is 24.3 Å². The van der Waals surface area contributed by atoms with Crippen molar-refractivity contribution in [1.29, 1.82) is 0 Å². The Morgan fingerprint density at radius 2 is 1.55 bits per heavy atom. The Balaban J connectivity index is 1.39. The van der Waals surface area contributed by atoms with E-state index in [0.29, 0.717) is 24.4 Å². The summed E-state index contributed by atoms with van der Waals surface area (Å²) in [5.41, 5.74) is 2.47. The lowest BCUT2D eigenvalue weighted by atomic mass is 10.1. The second kappa shape index (κ2) is 11.1. The minimum absolute atomic E-state index is 0.148. The number of rotatable bonds is 9. The molecule has 4 N–H and O–H groups in total. The zero-order chi connectivity index (χ0) is 22.2. The lowest BCUT2D eigenvalue weighted by Gasteiger charge is -2.15. The van der Waals surface area contributed by atoms with Crippen molar-refractivity contribution in [3.05, 3.63) is 65.2 Å². The summed E-state index contributed by atoms with van der Waals surface area (Å²) < 4.78 is 5.60. The predicted molar refractivity (Wildman–Crippen MR) is 115 cm³/mol. The number of carbonyl (C=O) groups is 2. The van der Waals surface area contributed by atoms with Crippen molar-refractivity contribution in [2.75, 3.05) is 19.7 Å². The molecule has 1 aliphatic heterocycles. The van der Waals surface area contributed by atoms with Crippen LogP contribution in [0, 0.1) is 0 Å². The summed E-state index contributed by atoms with van der Waals surface area (Å²) in [5, 5.41) is 21.9. The van der Waals surface area contributed by atoms with Crippen LogP contribution in [-0.4, -0.2) is 58.8 Å². The molecule has 8 nitrogen and oxygen atoms in total. The molecule has 2 aromatic rings. The maximum atomic E-state index is 12.3. The van der Waals surface area contributed by atoms with Crippen LogP contribution in [0.1, 0.15) is 27.9 Å². The molecule has 31 heavy (non-hydrogen) atoms. The third-order valence-corrected chi connectivity index (χ3v) is 5.19. The number of nitrogens with one attached hydrogen (secondary N) is 2. The first-order valence-corrected chi connectivity index (χ1v) is 10.4. The fourth-order valence-corrected chi connectivity index (χ4v) is 3.38. The highest BCUT2D eigenvalue weighted by molar-refractivity contribution is 6.13. The summed E-state index contributed by atoms with van der Waals surface area (Å²) in [4.78, 5) is 28.3. The predicted octanol–water partition coefficient (Wildman–Crippen LogP) is 1.19. The second-order valence-electron chi connectivity index (χ2n) is 7.37. The Morgan fingerprint density at radius 1 is 0.968 bits per heavy atom. The van der Waals surface area contributed by atoms with Gasteiger partial charge in [-0.25, -0.2) is 4.84 Å². The number of nitrogens with zero attached hydrogens (tertiary/aromatic N) is 1. The molecule has 2 amide bonds. The number of hydrogen-bond acceptors (Lipinski definition) is 6. The summed E-state index contributed by atoms with van der Waals surface area (Å²) in [6.07, 6.45) is -1.60. The maximum absolute atomic E-state index is 12.3. The van der Waals surface area contributed by atoms with Crippen LogP contribution in [0.3, 0.4) is 0 Å². The Kier molecular flexibility index (Phi) is 8.25. The van der Waals surface area contributed by atoms with Gasteiger partial charge in [0.2, 0.25) is 5.91 Å². The van der Waals surface area contributed by atoms with Gasteiger partial charge in [-0.05, 0) is 47.2 Å². The molecule has 166 valence electrons. The molecule has 0 aliphatic carbocycles. The van der Waals surface area contributed by atoms with Crippen LogP contribution in [0.25, 0.3) is 0 Å². The lowest BCUT2D eigenvalue weighted by Crippen LogP contribution is -2.30. The average Bonchev–Trinajstić information content (AvgIpc) is 3.12. The van der Waals surface area contributed by atoms with Gasteiger partial charge >= 0.3 is 0 Å². The van der Waals surface area contributed by atoms with Crippen molar-refractivity contribution < 1.29 is 24.5 Å². The van der Waals surface area contributed by atoms with Gasteiger partial charge in [-0.3, -0.25) is 9.59 Å². The quantitative estimate of drug-likeness (QED) is 0.430. The maximum Gasteiger partial charge on any atom is 0.251 e. The van der Waals surface area contributed by atoms with E-state index in [-0.39, 0.29) is 37.9 Å². The Hall–Kier alpha value is -2.65. The van der Waals surface area contributed by atoms with E-state index >= 15 is 0 Å². The Labute approximate surface area is 185 Å². The molecule has 9 heteroatoms. The number of benzene rings is 2. The third-order valence-electron chi connectivity index (χ3n) is 5.06. The van der Waals surface area contributed by atoms with Crippen molar-refractivity contribution in [2.45, 2.75) is 31.7 Å². The van der Waals surface area contributed by atoms with E-state index in [2.05, 4.69) is 10.2 Å². The molecule has 2 aromatic carbocycles. The van der Waals surface area contributed by atoms with Gasteiger partial charge < -0.3 is 25.2 Å². The number of β-amino-alcohol motifs (C(OH)–C–C–N with tert-alkyl or cyclic N) is 2. The summed E-state index contributed by atoms with van der Waals surface area (Å²) in [6.45, 7) is 1.40. The van der Waals surface area contributed by atoms with Crippen LogP contribution < -0.4 is 14.9 Å². The number of ether oxygens (including phenoxy) is 1. The summed E-state index contributed by atoms with van der Waals surface area (Å²) in [5.74, 6) is 0.288. The number of amides is 2. The standard InChI is InChI=1S/C22H26ClN3O5/c23-25-12-16-1-5-17(6-2-16)22(30)24-11-15-3-7-18(8-4-15)31-10-9-21(29)26-13-19(27)20(28)14-26/h1-8,19-20,25,27-28H,9-14H2,(H,24,30)/t19-,20-/m1/s1. The lowest BCUT2D eigenvalue weighted by molar-refractivity contribution is -0.131. The largest absolute Gasteiger partial charge is 0.493 e. The van der Waals surface area contributed by atoms with E-state index in [1.807, 2.05) is 24.3 Å².